The SMILES string of the molecule is CC(=O)c1cn(CC(=O)N[C@@H](C)C(=O)Nc2nc(Br)ccc2C)c2cc3c(cc12)-c1cnc(C)nc1CCC3. The van der Waals surface area contributed by atoms with Crippen LogP contribution in [0.15, 0.2) is 41.3 Å². The van der Waals surface area contributed by atoms with Gasteiger partial charge in [-0.3, -0.25) is 14.4 Å². The lowest BCUT2D eigenvalue weighted by molar-refractivity contribution is -0.126. The number of anilines is 1. The van der Waals surface area contributed by atoms with Crippen LogP contribution in [0.5, 0.6) is 0 Å². The lowest BCUT2D eigenvalue weighted by Gasteiger charge is -2.16. The van der Waals surface area contributed by atoms with Crippen molar-refractivity contribution in [2.24, 2.45) is 0 Å². The molecule has 1 aliphatic rings. The molecule has 2 N–H and O–H groups in total. The Morgan fingerprint density at radius 3 is 2.67 bits per heavy atom. The first kappa shape index (κ1) is 26.7. The molecule has 0 spiro atoms. The molecule has 0 saturated carbocycles. The number of rotatable bonds is 6. The van der Waals surface area contributed by atoms with Crippen LogP contribution in [0.3, 0.4) is 0 Å². The van der Waals surface area contributed by atoms with Gasteiger partial charge in [0.15, 0.2) is 5.78 Å². The van der Waals surface area contributed by atoms with Gasteiger partial charge in [0, 0.05) is 34.4 Å². The Bertz CT molecular complexity index is 1640. The van der Waals surface area contributed by atoms with E-state index in [9.17, 15) is 14.4 Å². The smallest absolute Gasteiger partial charge is 0.247 e. The van der Waals surface area contributed by atoms with Gasteiger partial charge in [-0.25, -0.2) is 15.0 Å². The lowest BCUT2D eigenvalue weighted by atomic mass is 9.96. The molecular formula is C29H29BrN6O3. The molecule has 39 heavy (non-hydrogen) atoms. The number of aryl methyl sites for hydroxylation is 4. The fourth-order valence-electron chi connectivity index (χ4n) is 4.99. The molecule has 1 atom stereocenters. The number of carbonyl (C=O) groups excluding carboxylic acids is 3. The van der Waals surface area contributed by atoms with Crippen LogP contribution in [0, 0.1) is 13.8 Å². The van der Waals surface area contributed by atoms with E-state index in [1.807, 2.05) is 32.2 Å². The van der Waals surface area contributed by atoms with E-state index >= 15 is 0 Å². The van der Waals surface area contributed by atoms with Crippen molar-refractivity contribution >= 4 is 50.2 Å². The Kier molecular flexibility index (Phi) is 7.31. The van der Waals surface area contributed by atoms with Crippen molar-refractivity contribution in [2.75, 3.05) is 5.32 Å². The molecule has 0 fully saturated rings. The van der Waals surface area contributed by atoms with Crippen LogP contribution in [0.4, 0.5) is 5.82 Å². The highest BCUT2D eigenvalue weighted by Gasteiger charge is 2.23. The first-order valence-corrected chi connectivity index (χ1v) is 13.6. The number of carbonyl (C=O) groups is 3. The number of aromatic nitrogens is 4. The highest BCUT2D eigenvalue weighted by atomic mass is 79.9. The number of hydrogen-bond acceptors (Lipinski definition) is 6. The highest BCUT2D eigenvalue weighted by molar-refractivity contribution is 9.10. The Morgan fingerprint density at radius 2 is 1.90 bits per heavy atom. The maximum absolute atomic E-state index is 13.0. The van der Waals surface area contributed by atoms with E-state index in [4.69, 9.17) is 0 Å². The van der Waals surface area contributed by atoms with Crippen molar-refractivity contribution in [3.05, 3.63) is 69.5 Å². The Morgan fingerprint density at radius 1 is 1.10 bits per heavy atom. The molecule has 10 heteroatoms. The normalized spacial score (nSPS) is 13.3. The van der Waals surface area contributed by atoms with E-state index < -0.39 is 6.04 Å². The molecule has 1 aliphatic carbocycles. The number of halogens is 1. The second-order valence-corrected chi connectivity index (χ2v) is 10.8. The fourth-order valence-corrected chi connectivity index (χ4v) is 5.30. The maximum atomic E-state index is 13.0. The molecule has 2 amide bonds. The average molecular weight is 589 g/mol. The highest BCUT2D eigenvalue weighted by Crippen LogP contribution is 2.36. The number of benzene rings is 1. The molecule has 9 nitrogen and oxygen atoms in total. The second-order valence-electron chi connectivity index (χ2n) is 9.96. The van der Waals surface area contributed by atoms with E-state index in [1.54, 1.807) is 23.8 Å². The van der Waals surface area contributed by atoms with Crippen molar-refractivity contribution in [1.29, 1.82) is 0 Å². The van der Waals surface area contributed by atoms with Crippen molar-refractivity contribution in [1.82, 2.24) is 24.8 Å². The van der Waals surface area contributed by atoms with E-state index in [-0.39, 0.29) is 24.1 Å². The molecule has 1 aromatic carbocycles. The van der Waals surface area contributed by atoms with Crippen molar-refractivity contribution < 1.29 is 14.4 Å². The minimum Gasteiger partial charge on any atom is -0.343 e. The van der Waals surface area contributed by atoms with Crippen LogP contribution >= 0.6 is 15.9 Å². The average Bonchev–Trinajstić information content (AvgIpc) is 3.12. The van der Waals surface area contributed by atoms with E-state index in [1.165, 1.54) is 6.92 Å². The molecule has 0 saturated heterocycles. The zero-order valence-electron chi connectivity index (χ0n) is 22.3. The molecule has 200 valence electrons. The van der Waals surface area contributed by atoms with Gasteiger partial charge in [0.05, 0.1) is 5.69 Å². The molecule has 0 radical (unpaired) electrons. The van der Waals surface area contributed by atoms with Crippen molar-refractivity contribution in [3.63, 3.8) is 0 Å². The molecule has 3 heterocycles. The number of amides is 2. The summed E-state index contributed by atoms with van der Waals surface area (Å²) in [4.78, 5) is 51.7. The van der Waals surface area contributed by atoms with Gasteiger partial charge in [-0.1, -0.05) is 6.07 Å². The number of nitrogens with one attached hydrogen (secondary N) is 2. The summed E-state index contributed by atoms with van der Waals surface area (Å²) in [6, 6.07) is 6.94. The molecule has 0 aliphatic heterocycles. The quantitative estimate of drug-likeness (QED) is 0.249. The number of fused-ring (bicyclic) bond motifs is 4. The summed E-state index contributed by atoms with van der Waals surface area (Å²) in [5.74, 6) is 0.373. The molecule has 3 aromatic heterocycles. The Labute approximate surface area is 234 Å². The van der Waals surface area contributed by atoms with Crippen LogP contribution in [0.2, 0.25) is 0 Å². The molecule has 0 unspecified atom stereocenters. The van der Waals surface area contributed by atoms with Gasteiger partial charge < -0.3 is 15.2 Å². The standard InChI is InChI=1S/C29H29BrN6O3/c1-15-8-9-26(30)34-28(15)35-29(39)16(2)32-27(38)14-36-13-23(17(3)37)21-11-20-19(10-25(21)36)6-5-7-24-22(20)12-31-18(4)33-24/h8-13,16H,5-7,14H2,1-4H3,(H,32,38)(H,34,35,39)/t16-/m0/s1. The van der Waals surface area contributed by atoms with E-state index in [0.29, 0.717) is 16.0 Å². The summed E-state index contributed by atoms with van der Waals surface area (Å²) in [5, 5.41) is 6.31. The molecule has 0 bridgehead atoms. The van der Waals surface area contributed by atoms with Gasteiger partial charge in [0.2, 0.25) is 11.8 Å². The van der Waals surface area contributed by atoms with Gasteiger partial charge in [-0.15, -0.1) is 0 Å². The van der Waals surface area contributed by atoms with Gasteiger partial charge in [-0.05, 0) is 97.8 Å². The summed E-state index contributed by atoms with van der Waals surface area (Å²) >= 11 is 3.31. The molecule has 4 aromatic rings. The van der Waals surface area contributed by atoms with Crippen LogP contribution < -0.4 is 10.6 Å². The Hall–Kier alpha value is -3.92. The third kappa shape index (κ3) is 5.47. The largest absolute Gasteiger partial charge is 0.343 e. The second kappa shape index (κ2) is 10.7. The number of ketones is 1. The summed E-state index contributed by atoms with van der Waals surface area (Å²) in [7, 11) is 0. The van der Waals surface area contributed by atoms with Gasteiger partial charge in [0.1, 0.15) is 28.8 Å². The van der Waals surface area contributed by atoms with Crippen LogP contribution in [0.25, 0.3) is 22.0 Å². The number of pyridine rings is 1. The minimum absolute atomic E-state index is 0.0345. The molecular weight excluding hydrogens is 560 g/mol. The van der Waals surface area contributed by atoms with Gasteiger partial charge in [-0.2, -0.15) is 0 Å². The lowest BCUT2D eigenvalue weighted by Crippen LogP contribution is -2.43. The third-order valence-electron chi connectivity index (χ3n) is 7.01. The summed E-state index contributed by atoms with van der Waals surface area (Å²) in [6.45, 7) is 6.84. The van der Waals surface area contributed by atoms with Crippen LogP contribution in [-0.4, -0.2) is 43.2 Å². The Balaban J connectivity index is 1.41. The van der Waals surface area contributed by atoms with Gasteiger partial charge >= 0.3 is 0 Å². The number of hydrogen-bond donors (Lipinski definition) is 2. The third-order valence-corrected chi connectivity index (χ3v) is 7.45. The van der Waals surface area contributed by atoms with Crippen molar-refractivity contribution in [2.45, 2.75) is 59.5 Å². The van der Waals surface area contributed by atoms with Gasteiger partial charge in [0.25, 0.3) is 0 Å². The number of nitrogens with zero attached hydrogens (tertiary/aromatic N) is 4. The first-order chi connectivity index (χ1) is 18.6. The summed E-state index contributed by atoms with van der Waals surface area (Å²) in [6.07, 6.45) is 6.24. The van der Waals surface area contributed by atoms with Crippen LogP contribution in [0.1, 0.15) is 53.3 Å². The topological polar surface area (TPSA) is 119 Å². The monoisotopic (exact) mass is 588 g/mol. The minimum atomic E-state index is -0.789. The number of Topliss-reactive ketones (excluding diaryl/α,β-unsaturated/α-hetero) is 1. The molecule has 5 rings (SSSR count). The zero-order chi connectivity index (χ0) is 27.8. The van der Waals surface area contributed by atoms with E-state index in [0.717, 1.165) is 63.9 Å². The fraction of sp³-hybridized carbons (Fsp3) is 0.310. The predicted molar refractivity (Wildman–Crippen MR) is 153 cm³/mol. The van der Waals surface area contributed by atoms with Crippen LogP contribution in [-0.2, 0) is 29.0 Å². The van der Waals surface area contributed by atoms with Crippen molar-refractivity contribution in [3.8, 4) is 11.1 Å². The van der Waals surface area contributed by atoms with E-state index in [2.05, 4.69) is 47.6 Å². The summed E-state index contributed by atoms with van der Waals surface area (Å²) in [5.41, 5.74) is 6.33. The zero-order valence-corrected chi connectivity index (χ0v) is 23.8. The first-order valence-electron chi connectivity index (χ1n) is 12.8. The predicted octanol–water partition coefficient (Wildman–Crippen LogP) is 4.71. The summed E-state index contributed by atoms with van der Waals surface area (Å²) < 4.78 is 2.38. The maximum Gasteiger partial charge on any atom is 0.247 e.